The van der Waals surface area contributed by atoms with Crippen molar-refractivity contribution in [3.8, 4) is 11.5 Å². The summed E-state index contributed by atoms with van der Waals surface area (Å²) in [5.74, 6) is 0.898. The number of halogens is 1. The summed E-state index contributed by atoms with van der Waals surface area (Å²) in [5, 5.41) is 2.84. The Balaban J connectivity index is 1.58. The Morgan fingerprint density at radius 2 is 1.92 bits per heavy atom. The number of fused-ring (bicyclic) bond motifs is 1. The van der Waals surface area contributed by atoms with E-state index in [9.17, 15) is 9.18 Å². The SMILES string of the molecule is C[C@@H](c1ccc(F)cc1)N(C)CC(=O)Nc1ccc2c(c1)OCO2. The Morgan fingerprint density at radius 3 is 2.67 bits per heavy atom. The molecule has 126 valence electrons. The summed E-state index contributed by atoms with van der Waals surface area (Å²) in [6, 6.07) is 11.6. The molecule has 2 aromatic carbocycles. The highest BCUT2D eigenvalue weighted by molar-refractivity contribution is 5.92. The number of rotatable bonds is 5. The molecule has 1 aliphatic heterocycles. The zero-order valence-corrected chi connectivity index (χ0v) is 13.6. The Kier molecular flexibility index (Phi) is 4.66. The molecule has 2 aromatic rings. The maximum atomic E-state index is 13.0. The summed E-state index contributed by atoms with van der Waals surface area (Å²) in [6.45, 7) is 2.39. The van der Waals surface area contributed by atoms with Gasteiger partial charge < -0.3 is 14.8 Å². The van der Waals surface area contributed by atoms with Crippen molar-refractivity contribution in [2.75, 3.05) is 25.7 Å². The lowest BCUT2D eigenvalue weighted by Crippen LogP contribution is -2.32. The number of nitrogens with one attached hydrogen (secondary N) is 1. The Hall–Kier alpha value is -2.60. The number of likely N-dealkylation sites (N-methyl/N-ethyl adjacent to an activating group) is 1. The number of carbonyl (C=O) groups is 1. The van der Waals surface area contributed by atoms with Crippen molar-refractivity contribution in [1.82, 2.24) is 4.90 Å². The van der Waals surface area contributed by atoms with E-state index in [0.29, 0.717) is 17.2 Å². The van der Waals surface area contributed by atoms with Crippen LogP contribution in [0.25, 0.3) is 0 Å². The fourth-order valence-electron chi connectivity index (χ4n) is 2.53. The molecule has 0 bridgehead atoms. The predicted molar refractivity (Wildman–Crippen MR) is 88.6 cm³/mol. The number of hydrogen-bond donors (Lipinski definition) is 1. The van der Waals surface area contributed by atoms with E-state index < -0.39 is 0 Å². The fourth-order valence-corrected chi connectivity index (χ4v) is 2.53. The quantitative estimate of drug-likeness (QED) is 0.915. The first kappa shape index (κ1) is 16.3. The van der Waals surface area contributed by atoms with Gasteiger partial charge in [0.2, 0.25) is 12.7 Å². The second-order valence-corrected chi connectivity index (χ2v) is 5.76. The lowest BCUT2D eigenvalue weighted by atomic mass is 10.1. The molecule has 0 aliphatic carbocycles. The van der Waals surface area contributed by atoms with Crippen molar-refractivity contribution in [2.45, 2.75) is 13.0 Å². The fraction of sp³-hybridized carbons (Fsp3) is 0.278. The van der Waals surface area contributed by atoms with Crippen molar-refractivity contribution in [2.24, 2.45) is 0 Å². The minimum atomic E-state index is -0.269. The number of hydrogen-bond acceptors (Lipinski definition) is 4. The maximum absolute atomic E-state index is 13.0. The lowest BCUT2D eigenvalue weighted by molar-refractivity contribution is -0.117. The highest BCUT2D eigenvalue weighted by atomic mass is 19.1. The van der Waals surface area contributed by atoms with Crippen LogP contribution in [0, 0.1) is 5.82 Å². The van der Waals surface area contributed by atoms with Crippen molar-refractivity contribution >= 4 is 11.6 Å². The van der Waals surface area contributed by atoms with Crippen molar-refractivity contribution in [3.63, 3.8) is 0 Å². The summed E-state index contributed by atoms with van der Waals surface area (Å²) >= 11 is 0. The van der Waals surface area contributed by atoms with Gasteiger partial charge in [-0.3, -0.25) is 9.69 Å². The van der Waals surface area contributed by atoms with Crippen molar-refractivity contribution < 1.29 is 18.7 Å². The minimum absolute atomic E-state index is 0.00639. The molecule has 1 amide bonds. The molecule has 0 fully saturated rings. The van der Waals surface area contributed by atoms with Gasteiger partial charge in [-0.15, -0.1) is 0 Å². The summed E-state index contributed by atoms with van der Waals surface area (Å²) in [6.07, 6.45) is 0. The van der Waals surface area contributed by atoms with Crippen molar-refractivity contribution in [3.05, 3.63) is 53.8 Å². The van der Waals surface area contributed by atoms with Crippen LogP contribution in [-0.4, -0.2) is 31.2 Å². The second kappa shape index (κ2) is 6.88. The summed E-state index contributed by atoms with van der Waals surface area (Å²) in [4.78, 5) is 14.1. The average Bonchev–Trinajstić information content (AvgIpc) is 3.02. The molecule has 1 aliphatic rings. The normalized spacial score (nSPS) is 13.8. The molecule has 0 saturated heterocycles. The molecule has 1 heterocycles. The van der Waals surface area contributed by atoms with Gasteiger partial charge in [0.25, 0.3) is 0 Å². The Labute approximate surface area is 140 Å². The maximum Gasteiger partial charge on any atom is 0.238 e. The number of amides is 1. The Morgan fingerprint density at radius 1 is 1.21 bits per heavy atom. The van der Waals surface area contributed by atoms with Gasteiger partial charge in [-0.2, -0.15) is 0 Å². The predicted octanol–water partition coefficient (Wildman–Crippen LogP) is 3.19. The van der Waals surface area contributed by atoms with E-state index in [4.69, 9.17) is 9.47 Å². The van der Waals surface area contributed by atoms with Gasteiger partial charge in [-0.25, -0.2) is 4.39 Å². The Bertz CT molecular complexity index is 734. The topological polar surface area (TPSA) is 50.8 Å². The molecular weight excluding hydrogens is 311 g/mol. The number of benzene rings is 2. The molecule has 1 atom stereocenters. The molecule has 1 N–H and O–H groups in total. The molecule has 0 saturated carbocycles. The highest BCUT2D eigenvalue weighted by Crippen LogP contribution is 2.34. The van der Waals surface area contributed by atoms with Crippen LogP contribution >= 0.6 is 0 Å². The van der Waals surface area contributed by atoms with E-state index in [1.54, 1.807) is 30.3 Å². The summed E-state index contributed by atoms with van der Waals surface area (Å²) in [5.41, 5.74) is 1.61. The standard InChI is InChI=1S/C18H19FN2O3/c1-12(13-3-5-14(19)6-4-13)21(2)10-18(22)20-15-7-8-16-17(9-15)24-11-23-16/h3-9,12H,10-11H2,1-2H3,(H,20,22)/t12-/m0/s1. The van der Waals surface area contributed by atoms with E-state index in [1.165, 1.54) is 12.1 Å². The molecule has 0 aromatic heterocycles. The van der Waals surface area contributed by atoms with Gasteiger partial charge in [0.1, 0.15) is 5.82 Å². The van der Waals surface area contributed by atoms with Crippen LogP contribution in [0.5, 0.6) is 11.5 Å². The first-order valence-electron chi connectivity index (χ1n) is 7.68. The number of anilines is 1. The molecule has 24 heavy (non-hydrogen) atoms. The molecule has 0 unspecified atom stereocenters. The van der Waals surface area contributed by atoms with Gasteiger partial charge in [0, 0.05) is 17.8 Å². The number of carbonyl (C=O) groups excluding carboxylic acids is 1. The van der Waals surface area contributed by atoms with Crippen LogP contribution in [0.1, 0.15) is 18.5 Å². The van der Waals surface area contributed by atoms with Crippen LogP contribution in [0.15, 0.2) is 42.5 Å². The summed E-state index contributed by atoms with van der Waals surface area (Å²) < 4.78 is 23.5. The van der Waals surface area contributed by atoms with Gasteiger partial charge in [0.05, 0.1) is 6.54 Å². The third kappa shape index (κ3) is 3.65. The minimum Gasteiger partial charge on any atom is -0.454 e. The molecule has 6 heteroatoms. The van der Waals surface area contributed by atoms with Gasteiger partial charge in [0.15, 0.2) is 11.5 Å². The third-order valence-electron chi connectivity index (χ3n) is 4.06. The lowest BCUT2D eigenvalue weighted by Gasteiger charge is -2.24. The van der Waals surface area contributed by atoms with Crippen LogP contribution in [0.2, 0.25) is 0 Å². The smallest absolute Gasteiger partial charge is 0.238 e. The zero-order chi connectivity index (χ0) is 17.1. The molecule has 0 radical (unpaired) electrons. The van der Waals surface area contributed by atoms with E-state index in [1.807, 2.05) is 18.9 Å². The van der Waals surface area contributed by atoms with Crippen LogP contribution in [-0.2, 0) is 4.79 Å². The first-order chi connectivity index (χ1) is 11.5. The average molecular weight is 330 g/mol. The van der Waals surface area contributed by atoms with E-state index >= 15 is 0 Å². The van der Waals surface area contributed by atoms with E-state index in [-0.39, 0.29) is 31.1 Å². The van der Waals surface area contributed by atoms with E-state index in [2.05, 4.69) is 5.32 Å². The largest absolute Gasteiger partial charge is 0.454 e. The monoisotopic (exact) mass is 330 g/mol. The molecular formula is C18H19FN2O3. The van der Waals surface area contributed by atoms with Crippen LogP contribution < -0.4 is 14.8 Å². The third-order valence-corrected chi connectivity index (χ3v) is 4.06. The van der Waals surface area contributed by atoms with Gasteiger partial charge >= 0.3 is 0 Å². The molecule has 0 spiro atoms. The number of nitrogens with zero attached hydrogens (tertiary/aromatic N) is 1. The zero-order valence-electron chi connectivity index (χ0n) is 13.6. The van der Waals surface area contributed by atoms with Crippen LogP contribution in [0.4, 0.5) is 10.1 Å². The van der Waals surface area contributed by atoms with Gasteiger partial charge in [-0.05, 0) is 43.8 Å². The van der Waals surface area contributed by atoms with Gasteiger partial charge in [-0.1, -0.05) is 12.1 Å². The second-order valence-electron chi connectivity index (χ2n) is 5.76. The van der Waals surface area contributed by atoms with Crippen LogP contribution in [0.3, 0.4) is 0 Å². The highest BCUT2D eigenvalue weighted by Gasteiger charge is 2.17. The molecule has 5 nitrogen and oxygen atoms in total. The molecule has 3 rings (SSSR count). The summed E-state index contributed by atoms with van der Waals surface area (Å²) in [7, 11) is 1.85. The first-order valence-corrected chi connectivity index (χ1v) is 7.68. The van der Waals surface area contributed by atoms with Crippen molar-refractivity contribution in [1.29, 1.82) is 0 Å². The number of ether oxygens (including phenoxy) is 2. The van der Waals surface area contributed by atoms with E-state index in [0.717, 1.165) is 5.56 Å².